The summed E-state index contributed by atoms with van der Waals surface area (Å²) in [7, 11) is -4.99. The molecule has 1 nitrogen and oxygen atoms in total. The zero-order valence-electron chi connectivity index (χ0n) is 26.2. The highest BCUT2D eigenvalue weighted by Gasteiger charge is 2.44. The minimum Gasteiger partial charge on any atom is -1.00 e. The average molecular weight is 618 g/mol. The monoisotopic (exact) mass is 617 g/mol. The van der Waals surface area contributed by atoms with Crippen LogP contribution in [0.4, 0.5) is 0 Å². The Bertz CT molecular complexity index is 1460. The van der Waals surface area contributed by atoms with Crippen LogP contribution in [0, 0.1) is 0 Å². The molecular weight excluding hydrogens is 584 g/mol. The highest BCUT2D eigenvalue weighted by molar-refractivity contribution is 7.93. The van der Waals surface area contributed by atoms with E-state index in [9.17, 15) is 0 Å². The predicted molar refractivity (Wildman–Crippen MR) is 176 cm³/mol. The first kappa shape index (κ1) is 34.8. The third kappa shape index (κ3) is 6.51. The van der Waals surface area contributed by atoms with Crippen LogP contribution in [0.5, 0.6) is 0 Å². The number of hydrogen-bond donors (Lipinski definition) is 0. The summed E-state index contributed by atoms with van der Waals surface area (Å²) in [5.74, 6) is 0. The van der Waals surface area contributed by atoms with Crippen molar-refractivity contribution in [2.24, 2.45) is 0 Å². The smallest absolute Gasteiger partial charge is 1.00 e. The molecule has 0 aromatic heterocycles. The molecule has 0 bridgehead atoms. The average Bonchev–Trinajstić information content (AvgIpc) is 3.04. The molecule has 0 aliphatic heterocycles. The molecule has 0 radical (unpaired) electrons. The predicted octanol–water partition coefficient (Wildman–Crippen LogP) is -5.24. The third-order valence-corrected chi connectivity index (χ3v) is 15.5. The quantitative estimate of drug-likeness (QED) is 0.101. The first-order chi connectivity index (χ1) is 19.3. The molecule has 0 saturated heterocycles. The fraction of sp³-hybridized carbons (Fsp3) is 0. The van der Waals surface area contributed by atoms with E-state index in [-0.39, 0.29) is 23.1 Å². The second-order valence-electron chi connectivity index (χ2n) is 9.37. The van der Waals surface area contributed by atoms with Crippen LogP contribution >= 0.6 is 14.1 Å². The standard InChI is InChI=1S/C36H30NP2.4FH/c1-7-19-31(20-8-1)38(32-21-9-2-10-22-32,33-23-11-3-12-24-33)37-39(34-25-13-4-14-26-34,35-27-15-5-16-28-35)36-29-17-6-18-30-36;;;;/h1-30H;4*1H/q+1;;;;/p-1. The van der Waals surface area contributed by atoms with Gasteiger partial charge >= 0.3 is 18.4 Å². The van der Waals surface area contributed by atoms with Crippen LogP contribution in [0.2, 0.25) is 0 Å². The molecule has 0 heterocycles. The van der Waals surface area contributed by atoms with Crippen LogP contribution < -0.4 is 54.8 Å². The molecule has 0 N–H and O–H groups in total. The molecule has 0 fully saturated rings. The van der Waals surface area contributed by atoms with Crippen molar-refractivity contribution in [3.05, 3.63) is 182 Å². The Morgan fingerprint density at radius 1 is 0.256 bits per heavy atom. The lowest BCUT2D eigenvalue weighted by Gasteiger charge is -2.20. The lowest BCUT2D eigenvalue weighted by atomic mass is 10.4. The molecule has 0 spiro atoms. The molecule has 0 atom stereocenters. The number of halogens is 4. The van der Waals surface area contributed by atoms with Crippen LogP contribution in [-0.2, 0) is 0 Å². The zero-order chi connectivity index (χ0) is 26.4. The Morgan fingerprint density at radius 3 is 0.535 bits per heavy atom. The molecule has 0 aliphatic rings. The van der Waals surface area contributed by atoms with Crippen LogP contribution in [0.15, 0.2) is 182 Å². The molecule has 7 heteroatoms. The Morgan fingerprint density at radius 2 is 0.395 bits per heavy atom. The number of rotatable bonds is 6. The number of benzene rings is 6. The number of nitrogens with zero attached hydrogens (tertiary/aromatic N) is 1. The fourth-order valence-corrected chi connectivity index (χ4v) is 14.8. The summed E-state index contributed by atoms with van der Waals surface area (Å²) in [4.78, 5) is 0. The topological polar surface area (TPSA) is 14.1 Å². The Kier molecular flexibility index (Phi) is 12.7. The third-order valence-electron chi connectivity index (χ3n) is 7.05. The van der Waals surface area contributed by atoms with Gasteiger partial charge in [0, 0.05) is 0 Å². The maximum Gasteiger partial charge on any atom is 1.00 e. The van der Waals surface area contributed by atoms with E-state index in [1.165, 1.54) is 31.8 Å². The van der Waals surface area contributed by atoms with E-state index in [1.807, 2.05) is 0 Å². The van der Waals surface area contributed by atoms with Crippen molar-refractivity contribution in [1.82, 2.24) is 4.17 Å². The van der Waals surface area contributed by atoms with Gasteiger partial charge in [0.25, 0.3) is 0 Å². The molecule has 43 heavy (non-hydrogen) atoms. The molecule has 6 rings (SSSR count). The summed E-state index contributed by atoms with van der Waals surface area (Å²) in [6.07, 6.45) is 0. The van der Waals surface area contributed by atoms with Crippen LogP contribution in [-0.4, -0.2) is 0 Å². The molecule has 0 aliphatic carbocycles. The van der Waals surface area contributed by atoms with Gasteiger partial charge in [-0.1, -0.05) is 109 Å². The minimum atomic E-state index is -2.50. The summed E-state index contributed by atoms with van der Waals surface area (Å²) < 4.78 is 6.38. The van der Waals surface area contributed by atoms with Gasteiger partial charge in [-0.05, 0) is 72.8 Å². The maximum atomic E-state index is 6.38. The van der Waals surface area contributed by atoms with Crippen LogP contribution in [0.25, 0.3) is 0 Å². The Balaban J connectivity index is 0. The lowest BCUT2D eigenvalue weighted by molar-refractivity contribution is -0.00100. The molecule has 6 aromatic carbocycles. The summed E-state index contributed by atoms with van der Waals surface area (Å²) in [6.45, 7) is 0. The van der Waals surface area contributed by atoms with E-state index in [1.54, 1.807) is 0 Å². The summed E-state index contributed by atoms with van der Waals surface area (Å²) in [5.41, 5.74) is 0. The molecule has 6 aromatic rings. The van der Waals surface area contributed by atoms with E-state index < -0.39 is 14.1 Å². The van der Waals surface area contributed by atoms with Gasteiger partial charge in [-0.2, -0.15) is 0 Å². The van der Waals surface area contributed by atoms with Crippen molar-refractivity contribution in [3.63, 3.8) is 0 Å². The lowest BCUT2D eigenvalue weighted by Crippen LogP contribution is -3.00. The van der Waals surface area contributed by atoms with E-state index in [2.05, 4.69) is 182 Å². The van der Waals surface area contributed by atoms with E-state index >= 15 is 0 Å². The zero-order valence-corrected chi connectivity index (χ0v) is 25.0. The first-order valence-electron chi connectivity index (χ1n) is 13.2. The Labute approximate surface area is 255 Å². The van der Waals surface area contributed by atoms with Crippen molar-refractivity contribution in [2.75, 3.05) is 0 Å². The van der Waals surface area contributed by atoms with Crippen LogP contribution in [0.1, 0.15) is 4.28 Å². The van der Waals surface area contributed by atoms with Gasteiger partial charge in [0.15, 0.2) is 0 Å². The Hall–Kier alpha value is -4.39. The van der Waals surface area contributed by atoms with Gasteiger partial charge in [-0.3, -0.25) is 0 Å². The van der Waals surface area contributed by atoms with Gasteiger partial charge in [0.2, 0.25) is 0 Å². The summed E-state index contributed by atoms with van der Waals surface area (Å²) in [5, 5.41) is 7.55. The minimum absolute atomic E-state index is 0. The summed E-state index contributed by atoms with van der Waals surface area (Å²) >= 11 is 0. The molecule has 0 unspecified atom stereocenters. The molecule has 0 amide bonds. The van der Waals surface area contributed by atoms with Gasteiger partial charge in [0.1, 0.15) is 0 Å². The fourth-order valence-electron chi connectivity index (χ4n) is 5.27. The highest BCUT2D eigenvalue weighted by atomic mass is 31.2. The molecular formula is C36H33F4NP2. The van der Waals surface area contributed by atoms with Gasteiger partial charge < -0.3 is 18.8 Å². The van der Waals surface area contributed by atoms with Gasteiger partial charge in [-0.15, -0.1) is 4.17 Å². The molecule has 0 saturated carbocycles. The van der Waals surface area contributed by atoms with Gasteiger partial charge in [0.05, 0.1) is 31.8 Å². The van der Waals surface area contributed by atoms with E-state index in [4.69, 9.17) is 4.17 Å². The van der Waals surface area contributed by atoms with Crippen molar-refractivity contribution in [3.8, 4) is 0 Å². The van der Waals surface area contributed by atoms with Gasteiger partial charge in [-0.25, -0.2) is 0 Å². The first-order valence-corrected chi connectivity index (χ1v) is 16.7. The van der Waals surface area contributed by atoms with Crippen molar-refractivity contribution >= 4 is 45.9 Å². The van der Waals surface area contributed by atoms with Crippen molar-refractivity contribution in [1.29, 1.82) is 0 Å². The SMILES string of the molecule is [F-].[F-].[F-].[F-].[H+].[H+].[H+].c1ccc(P(=[N+]=P(c2ccccc2)(c2ccccc2)c2ccccc2)(c2ccccc2)c2ccccc2)cc1. The van der Waals surface area contributed by atoms with E-state index in [0.29, 0.717) is 0 Å². The largest absolute Gasteiger partial charge is 1.00 e. The summed E-state index contributed by atoms with van der Waals surface area (Å²) in [6, 6.07) is 65.7. The van der Waals surface area contributed by atoms with Crippen molar-refractivity contribution in [2.45, 2.75) is 0 Å². The second kappa shape index (κ2) is 15.7. The van der Waals surface area contributed by atoms with E-state index in [0.717, 1.165) is 0 Å². The highest BCUT2D eigenvalue weighted by Crippen LogP contribution is 2.50. The number of hydrogen-bond acceptors (Lipinski definition) is 0. The molecule has 220 valence electrons. The second-order valence-corrected chi connectivity index (χ2v) is 15.7. The maximum absolute atomic E-state index is 6.38. The van der Waals surface area contributed by atoms with Crippen LogP contribution in [0.3, 0.4) is 0 Å². The van der Waals surface area contributed by atoms with Crippen molar-refractivity contribution < 1.29 is 23.1 Å². The normalized spacial score (nSPS) is 10.4.